The Labute approximate surface area is 110 Å². The minimum absolute atomic E-state index is 0.212. The number of pyridine rings is 1. The highest BCUT2D eigenvalue weighted by Gasteiger charge is 2.08. The Kier molecular flexibility index (Phi) is 3.48. The molecule has 0 aliphatic carbocycles. The summed E-state index contributed by atoms with van der Waals surface area (Å²) in [6, 6.07) is 9.02. The molecule has 0 saturated carbocycles. The average Bonchev–Trinajstić information content (AvgIpc) is 2.32. The van der Waals surface area contributed by atoms with Crippen molar-refractivity contribution in [2.45, 2.75) is 6.92 Å². The molecule has 0 bridgehead atoms. The molecule has 0 aliphatic rings. The Morgan fingerprint density at radius 1 is 1.39 bits per heavy atom. The van der Waals surface area contributed by atoms with Crippen molar-refractivity contribution < 1.29 is 4.79 Å². The monoisotopic (exact) mass is 261 g/mol. The molecule has 1 aromatic carbocycles. The first-order valence-electron chi connectivity index (χ1n) is 5.35. The highest BCUT2D eigenvalue weighted by molar-refractivity contribution is 6.33. The number of aromatic nitrogens is 1. The quantitative estimate of drug-likeness (QED) is 0.873. The Morgan fingerprint density at radius 3 is 2.83 bits per heavy atom. The van der Waals surface area contributed by atoms with Gasteiger partial charge in [0.15, 0.2) is 0 Å². The van der Waals surface area contributed by atoms with E-state index < -0.39 is 0 Å². The number of benzene rings is 1. The van der Waals surface area contributed by atoms with Gasteiger partial charge < -0.3 is 11.1 Å². The van der Waals surface area contributed by atoms with Gasteiger partial charge in [-0.15, -0.1) is 0 Å². The number of carbonyl (C=O) groups excluding carboxylic acids is 1. The summed E-state index contributed by atoms with van der Waals surface area (Å²) in [5, 5.41) is 3.04. The fourth-order valence-corrected chi connectivity index (χ4v) is 1.67. The number of anilines is 2. The molecule has 1 amide bonds. The smallest absolute Gasteiger partial charge is 0.257 e. The van der Waals surface area contributed by atoms with Gasteiger partial charge in [-0.25, -0.2) is 4.98 Å². The van der Waals surface area contributed by atoms with Crippen molar-refractivity contribution in [3.8, 4) is 0 Å². The largest absolute Gasteiger partial charge is 0.382 e. The standard InChI is InChI=1S/C13H12ClN3O/c1-8-3-2-4-10(5-8)17-13(18)9-6-11(14)12(15)16-7-9/h2-7H,1H3,(H2,15,16)(H,17,18). The fraction of sp³-hybridized carbons (Fsp3) is 0.0769. The summed E-state index contributed by atoms with van der Waals surface area (Å²) in [4.78, 5) is 15.8. The van der Waals surface area contributed by atoms with E-state index in [1.54, 1.807) is 0 Å². The molecule has 2 rings (SSSR count). The van der Waals surface area contributed by atoms with Gasteiger partial charge in [-0.1, -0.05) is 23.7 Å². The van der Waals surface area contributed by atoms with Crippen molar-refractivity contribution in [2.75, 3.05) is 11.1 Å². The van der Waals surface area contributed by atoms with E-state index >= 15 is 0 Å². The number of aryl methyl sites for hydroxylation is 1. The van der Waals surface area contributed by atoms with Gasteiger partial charge in [0.05, 0.1) is 10.6 Å². The molecule has 0 radical (unpaired) electrons. The van der Waals surface area contributed by atoms with E-state index in [0.29, 0.717) is 5.56 Å². The third kappa shape index (κ3) is 2.78. The van der Waals surface area contributed by atoms with Crippen molar-refractivity contribution in [1.82, 2.24) is 4.98 Å². The molecule has 1 heterocycles. The average molecular weight is 262 g/mol. The zero-order chi connectivity index (χ0) is 13.1. The number of amides is 1. The number of nitrogens with zero attached hydrogens (tertiary/aromatic N) is 1. The van der Waals surface area contributed by atoms with E-state index in [9.17, 15) is 4.79 Å². The second-order valence-electron chi connectivity index (χ2n) is 3.91. The summed E-state index contributed by atoms with van der Waals surface area (Å²) in [7, 11) is 0. The van der Waals surface area contributed by atoms with E-state index in [0.717, 1.165) is 11.3 Å². The van der Waals surface area contributed by atoms with Gasteiger partial charge in [-0.3, -0.25) is 4.79 Å². The molecule has 2 aromatic rings. The Balaban J connectivity index is 2.19. The molecule has 1 aromatic heterocycles. The van der Waals surface area contributed by atoms with Crippen LogP contribution in [0.4, 0.5) is 11.5 Å². The van der Waals surface area contributed by atoms with Crippen LogP contribution in [0.3, 0.4) is 0 Å². The summed E-state index contributed by atoms with van der Waals surface area (Å²) in [5.74, 6) is -0.0567. The lowest BCUT2D eigenvalue weighted by Gasteiger charge is -2.06. The van der Waals surface area contributed by atoms with Crippen LogP contribution in [0.5, 0.6) is 0 Å². The van der Waals surface area contributed by atoms with Gasteiger partial charge in [0.25, 0.3) is 5.91 Å². The molecule has 4 nitrogen and oxygen atoms in total. The SMILES string of the molecule is Cc1cccc(NC(=O)c2cnc(N)c(Cl)c2)c1. The Morgan fingerprint density at radius 2 is 2.17 bits per heavy atom. The number of hydrogen-bond acceptors (Lipinski definition) is 3. The molecule has 0 fully saturated rings. The van der Waals surface area contributed by atoms with Gasteiger partial charge >= 0.3 is 0 Å². The zero-order valence-electron chi connectivity index (χ0n) is 9.77. The second kappa shape index (κ2) is 5.06. The summed E-state index contributed by atoms with van der Waals surface area (Å²) >= 11 is 5.82. The minimum Gasteiger partial charge on any atom is -0.382 e. The molecule has 3 N–H and O–H groups in total. The predicted molar refractivity (Wildman–Crippen MR) is 72.8 cm³/mol. The molecular formula is C13H12ClN3O. The third-order valence-electron chi connectivity index (χ3n) is 2.41. The number of nitrogens with two attached hydrogens (primary N) is 1. The lowest BCUT2D eigenvalue weighted by Crippen LogP contribution is -2.12. The van der Waals surface area contributed by atoms with E-state index in [1.807, 2.05) is 31.2 Å². The second-order valence-corrected chi connectivity index (χ2v) is 4.32. The molecule has 0 unspecified atom stereocenters. The van der Waals surface area contributed by atoms with Crippen molar-refractivity contribution >= 4 is 29.0 Å². The number of nitrogen functional groups attached to an aromatic ring is 1. The van der Waals surface area contributed by atoms with Crippen LogP contribution in [-0.2, 0) is 0 Å². The molecule has 0 saturated heterocycles. The molecular weight excluding hydrogens is 250 g/mol. The van der Waals surface area contributed by atoms with Crippen LogP contribution < -0.4 is 11.1 Å². The topological polar surface area (TPSA) is 68.0 Å². The predicted octanol–water partition coefficient (Wildman–Crippen LogP) is 2.88. The van der Waals surface area contributed by atoms with Crippen molar-refractivity contribution in [3.63, 3.8) is 0 Å². The fourth-order valence-electron chi connectivity index (χ4n) is 1.50. The first kappa shape index (κ1) is 12.4. The van der Waals surface area contributed by atoms with Crippen LogP contribution in [0, 0.1) is 6.92 Å². The van der Waals surface area contributed by atoms with E-state index in [-0.39, 0.29) is 16.7 Å². The summed E-state index contributed by atoms with van der Waals surface area (Å²) in [5.41, 5.74) is 7.66. The van der Waals surface area contributed by atoms with Crippen LogP contribution in [0.25, 0.3) is 0 Å². The highest BCUT2D eigenvalue weighted by atomic mass is 35.5. The molecule has 92 valence electrons. The van der Waals surface area contributed by atoms with E-state index in [2.05, 4.69) is 10.3 Å². The summed E-state index contributed by atoms with van der Waals surface area (Å²) in [6.07, 6.45) is 1.40. The number of nitrogens with one attached hydrogen (secondary N) is 1. The maximum Gasteiger partial charge on any atom is 0.257 e. The van der Waals surface area contributed by atoms with Crippen molar-refractivity contribution in [2.24, 2.45) is 0 Å². The number of halogens is 1. The normalized spacial score (nSPS) is 10.1. The molecule has 0 aliphatic heterocycles. The van der Waals surface area contributed by atoms with Crippen LogP contribution in [-0.4, -0.2) is 10.9 Å². The van der Waals surface area contributed by atoms with Crippen LogP contribution >= 0.6 is 11.6 Å². The van der Waals surface area contributed by atoms with Crippen LogP contribution in [0.1, 0.15) is 15.9 Å². The summed E-state index contributed by atoms with van der Waals surface area (Å²) < 4.78 is 0. The maximum atomic E-state index is 11.9. The van der Waals surface area contributed by atoms with Crippen LogP contribution in [0.15, 0.2) is 36.5 Å². The van der Waals surface area contributed by atoms with Gasteiger partial charge in [0, 0.05) is 11.9 Å². The maximum absolute atomic E-state index is 11.9. The first-order chi connectivity index (χ1) is 8.56. The third-order valence-corrected chi connectivity index (χ3v) is 2.71. The highest BCUT2D eigenvalue weighted by Crippen LogP contribution is 2.18. The van der Waals surface area contributed by atoms with Crippen molar-refractivity contribution in [1.29, 1.82) is 0 Å². The Bertz CT molecular complexity index is 599. The van der Waals surface area contributed by atoms with Gasteiger partial charge in [-0.2, -0.15) is 0 Å². The van der Waals surface area contributed by atoms with Gasteiger partial charge in [0.1, 0.15) is 5.82 Å². The molecule has 0 atom stereocenters. The number of hydrogen-bond donors (Lipinski definition) is 2. The van der Waals surface area contributed by atoms with Gasteiger partial charge in [0.2, 0.25) is 0 Å². The minimum atomic E-state index is -0.269. The first-order valence-corrected chi connectivity index (χ1v) is 5.73. The Hall–Kier alpha value is -2.07. The van der Waals surface area contributed by atoms with Gasteiger partial charge in [-0.05, 0) is 30.7 Å². The van der Waals surface area contributed by atoms with Crippen LogP contribution in [0.2, 0.25) is 5.02 Å². The van der Waals surface area contributed by atoms with E-state index in [1.165, 1.54) is 12.3 Å². The molecule has 18 heavy (non-hydrogen) atoms. The molecule has 0 spiro atoms. The lowest BCUT2D eigenvalue weighted by atomic mass is 10.2. The summed E-state index contributed by atoms with van der Waals surface area (Å²) in [6.45, 7) is 1.96. The van der Waals surface area contributed by atoms with E-state index in [4.69, 9.17) is 17.3 Å². The lowest BCUT2D eigenvalue weighted by molar-refractivity contribution is 0.102. The number of rotatable bonds is 2. The molecule has 5 heteroatoms. The zero-order valence-corrected chi connectivity index (χ0v) is 10.5. The number of carbonyl (C=O) groups is 1. The van der Waals surface area contributed by atoms with Crippen molar-refractivity contribution in [3.05, 3.63) is 52.7 Å².